The van der Waals surface area contributed by atoms with Crippen LogP contribution in [0.15, 0.2) is 0 Å². The molecule has 23 heavy (non-hydrogen) atoms. The van der Waals surface area contributed by atoms with Gasteiger partial charge in [-0.15, -0.1) is 0 Å². The number of carbonyl (C=O) groups is 1. The summed E-state index contributed by atoms with van der Waals surface area (Å²) in [6.07, 6.45) is 14.6. The lowest BCUT2D eigenvalue weighted by Crippen LogP contribution is -2.49. The van der Waals surface area contributed by atoms with Crippen LogP contribution in [0.5, 0.6) is 0 Å². The molecule has 0 aromatic carbocycles. The maximum atomic E-state index is 12.8. The first-order valence-corrected chi connectivity index (χ1v) is 10.3. The third-order valence-electron chi connectivity index (χ3n) is 7.49. The van der Waals surface area contributed by atoms with Crippen molar-refractivity contribution < 1.29 is 4.79 Å². The number of amides is 1. The van der Waals surface area contributed by atoms with Gasteiger partial charge >= 0.3 is 0 Å². The third-order valence-corrected chi connectivity index (χ3v) is 7.49. The zero-order valence-corrected chi connectivity index (χ0v) is 14.7. The summed E-state index contributed by atoms with van der Waals surface area (Å²) in [6.45, 7) is 2.36. The van der Waals surface area contributed by atoms with Gasteiger partial charge in [-0.25, -0.2) is 0 Å². The van der Waals surface area contributed by atoms with E-state index in [4.69, 9.17) is 0 Å². The lowest BCUT2D eigenvalue weighted by molar-refractivity contribution is -0.124. The summed E-state index contributed by atoms with van der Waals surface area (Å²) in [6, 6.07) is 1.12. The molecule has 3 saturated carbocycles. The zero-order valence-electron chi connectivity index (χ0n) is 14.7. The van der Waals surface area contributed by atoms with E-state index in [9.17, 15) is 4.79 Å². The summed E-state index contributed by atoms with van der Waals surface area (Å²) in [5.74, 6) is 3.63. The average Bonchev–Trinajstić information content (AvgIpc) is 3.01. The van der Waals surface area contributed by atoms with E-state index in [-0.39, 0.29) is 6.04 Å². The van der Waals surface area contributed by atoms with Gasteiger partial charge in [-0.3, -0.25) is 4.79 Å². The van der Waals surface area contributed by atoms with Crippen LogP contribution in [0.1, 0.15) is 77.6 Å². The summed E-state index contributed by atoms with van der Waals surface area (Å²) in [5.41, 5.74) is 0. The topological polar surface area (TPSA) is 41.1 Å². The van der Waals surface area contributed by atoms with Crippen LogP contribution in [0.3, 0.4) is 0 Å². The monoisotopic (exact) mass is 318 g/mol. The highest BCUT2D eigenvalue weighted by Crippen LogP contribution is 2.41. The maximum absolute atomic E-state index is 12.8. The number of fused-ring (bicyclic) bond motifs is 2. The van der Waals surface area contributed by atoms with Crippen LogP contribution in [0, 0.1) is 23.7 Å². The van der Waals surface area contributed by atoms with E-state index in [1.54, 1.807) is 0 Å². The Morgan fingerprint density at radius 2 is 1.65 bits per heavy atom. The molecule has 3 aliphatic carbocycles. The highest BCUT2D eigenvalue weighted by molar-refractivity contribution is 5.82. The molecule has 0 aromatic heterocycles. The molecule has 7 atom stereocenters. The van der Waals surface area contributed by atoms with Crippen molar-refractivity contribution in [3.05, 3.63) is 0 Å². The summed E-state index contributed by atoms with van der Waals surface area (Å²) >= 11 is 0. The normalized spacial score (nSPS) is 46.7. The molecular formula is C20H34N2O. The Kier molecular flexibility index (Phi) is 4.67. The Labute approximate surface area is 141 Å². The molecule has 3 heteroatoms. The molecule has 1 aliphatic heterocycles. The molecule has 4 fully saturated rings. The third kappa shape index (κ3) is 3.31. The summed E-state index contributed by atoms with van der Waals surface area (Å²) in [4.78, 5) is 12.8. The summed E-state index contributed by atoms with van der Waals surface area (Å²) in [5, 5.41) is 7.09. The number of carbonyl (C=O) groups excluding carboxylic acids is 1. The van der Waals surface area contributed by atoms with Crippen molar-refractivity contribution in [2.24, 2.45) is 23.7 Å². The number of hydrogen-bond acceptors (Lipinski definition) is 2. The van der Waals surface area contributed by atoms with E-state index < -0.39 is 0 Å². The van der Waals surface area contributed by atoms with Crippen LogP contribution in [0.4, 0.5) is 0 Å². The molecule has 0 radical (unpaired) electrons. The van der Waals surface area contributed by atoms with Gasteiger partial charge in [0.15, 0.2) is 0 Å². The fourth-order valence-electron chi connectivity index (χ4n) is 6.18. The van der Waals surface area contributed by atoms with Gasteiger partial charge in [0.05, 0.1) is 6.04 Å². The quantitative estimate of drug-likeness (QED) is 0.816. The second kappa shape index (κ2) is 6.74. The van der Waals surface area contributed by atoms with Crippen LogP contribution in [-0.4, -0.2) is 24.0 Å². The van der Waals surface area contributed by atoms with Gasteiger partial charge in [0.25, 0.3) is 0 Å². The fraction of sp³-hybridized carbons (Fsp3) is 0.950. The Morgan fingerprint density at radius 1 is 0.870 bits per heavy atom. The smallest absolute Gasteiger partial charge is 0.237 e. The molecular weight excluding hydrogens is 284 g/mol. The van der Waals surface area contributed by atoms with Crippen LogP contribution < -0.4 is 10.6 Å². The predicted octanol–water partition coefficient (Wildman–Crippen LogP) is 3.63. The van der Waals surface area contributed by atoms with E-state index >= 15 is 0 Å². The van der Waals surface area contributed by atoms with E-state index in [1.807, 2.05) is 0 Å². The molecule has 2 N–H and O–H groups in total. The minimum absolute atomic E-state index is 0.0784. The Hall–Kier alpha value is -0.570. The van der Waals surface area contributed by atoms with Crippen molar-refractivity contribution in [2.75, 3.05) is 0 Å². The van der Waals surface area contributed by atoms with Crippen LogP contribution in [0.25, 0.3) is 0 Å². The van der Waals surface area contributed by atoms with Crippen molar-refractivity contribution in [3.8, 4) is 0 Å². The van der Waals surface area contributed by atoms with E-state index in [2.05, 4.69) is 17.6 Å². The number of hydrogen-bond donors (Lipinski definition) is 2. The van der Waals surface area contributed by atoms with Crippen molar-refractivity contribution >= 4 is 5.91 Å². The molecule has 0 bridgehead atoms. The fourth-order valence-corrected chi connectivity index (χ4v) is 6.18. The molecule has 130 valence electrons. The second-order valence-electron chi connectivity index (χ2n) is 8.97. The first kappa shape index (κ1) is 15.9. The lowest BCUT2D eigenvalue weighted by Gasteiger charge is -2.39. The minimum atomic E-state index is 0.0784. The van der Waals surface area contributed by atoms with Crippen LogP contribution in [0.2, 0.25) is 0 Å². The first-order valence-electron chi connectivity index (χ1n) is 10.3. The van der Waals surface area contributed by atoms with Gasteiger partial charge < -0.3 is 10.6 Å². The second-order valence-corrected chi connectivity index (χ2v) is 8.97. The molecule has 4 aliphatic rings. The standard InChI is InChI=1S/C20H34N2O/c1-13-5-4-8-16-12-18(22-19(13)16)20(23)21-17-10-9-14-6-2-3-7-15(14)11-17/h13-19,22H,2-12H2,1H3,(H,21,23). The Bertz CT molecular complexity index is 437. The highest BCUT2D eigenvalue weighted by Gasteiger charge is 2.42. The SMILES string of the molecule is CC1CCCC2CC(C(=O)NC3CCC4CCCCC4C3)NC12. The molecule has 1 saturated heterocycles. The van der Waals surface area contributed by atoms with Crippen LogP contribution in [-0.2, 0) is 4.79 Å². The summed E-state index contributed by atoms with van der Waals surface area (Å²) in [7, 11) is 0. The van der Waals surface area contributed by atoms with Crippen molar-refractivity contribution in [2.45, 2.75) is 95.7 Å². The van der Waals surface area contributed by atoms with Gasteiger partial charge in [0.2, 0.25) is 5.91 Å². The largest absolute Gasteiger partial charge is 0.352 e. The molecule has 0 aromatic rings. The average molecular weight is 319 g/mol. The number of nitrogens with one attached hydrogen (secondary N) is 2. The molecule has 4 rings (SSSR count). The first-order chi connectivity index (χ1) is 11.2. The lowest BCUT2D eigenvalue weighted by atomic mass is 9.69. The molecule has 3 nitrogen and oxygen atoms in total. The maximum Gasteiger partial charge on any atom is 0.237 e. The molecule has 1 amide bonds. The van der Waals surface area contributed by atoms with Gasteiger partial charge in [-0.2, -0.15) is 0 Å². The molecule has 1 heterocycles. The Balaban J connectivity index is 1.30. The van der Waals surface area contributed by atoms with Crippen molar-refractivity contribution in [1.82, 2.24) is 10.6 Å². The van der Waals surface area contributed by atoms with Crippen molar-refractivity contribution in [3.63, 3.8) is 0 Å². The predicted molar refractivity (Wildman–Crippen MR) is 93.1 cm³/mol. The van der Waals surface area contributed by atoms with Gasteiger partial charge in [-0.1, -0.05) is 39.0 Å². The van der Waals surface area contributed by atoms with Gasteiger partial charge in [-0.05, 0) is 62.2 Å². The van der Waals surface area contributed by atoms with E-state index in [0.29, 0.717) is 18.0 Å². The Morgan fingerprint density at radius 3 is 2.48 bits per heavy atom. The number of rotatable bonds is 2. The van der Waals surface area contributed by atoms with Crippen LogP contribution >= 0.6 is 0 Å². The van der Waals surface area contributed by atoms with Crippen molar-refractivity contribution in [1.29, 1.82) is 0 Å². The molecule has 0 spiro atoms. The summed E-state index contributed by atoms with van der Waals surface area (Å²) < 4.78 is 0. The van der Waals surface area contributed by atoms with Gasteiger partial charge in [0.1, 0.15) is 0 Å². The van der Waals surface area contributed by atoms with Gasteiger partial charge in [0, 0.05) is 12.1 Å². The zero-order chi connectivity index (χ0) is 15.8. The highest BCUT2D eigenvalue weighted by atomic mass is 16.2. The van der Waals surface area contributed by atoms with E-state index in [0.717, 1.165) is 30.1 Å². The van der Waals surface area contributed by atoms with E-state index in [1.165, 1.54) is 64.2 Å². The molecule has 7 unspecified atom stereocenters. The minimum Gasteiger partial charge on any atom is -0.352 e.